The number of likely N-dealkylation sites (tertiary alicyclic amines) is 1. The van der Waals surface area contributed by atoms with Crippen LogP contribution in [-0.2, 0) is 16.6 Å². The lowest BCUT2D eigenvalue weighted by Crippen LogP contribution is -2.39. The van der Waals surface area contributed by atoms with Crippen molar-refractivity contribution < 1.29 is 14.3 Å². The number of rotatable bonds is 7. The molecule has 1 fully saturated rings. The number of benzene rings is 2. The Labute approximate surface area is 238 Å². The van der Waals surface area contributed by atoms with Crippen LogP contribution in [0.2, 0.25) is 0 Å². The average molecular weight is 546 g/mol. The maximum Gasteiger partial charge on any atom is 0.409 e. The minimum absolute atomic E-state index is 0.170. The van der Waals surface area contributed by atoms with Crippen molar-refractivity contribution in [3.63, 3.8) is 0 Å². The van der Waals surface area contributed by atoms with Gasteiger partial charge >= 0.3 is 12.1 Å². The molecule has 0 radical (unpaired) electrons. The fraction of sp³-hybridized carbons (Fsp3) is 0.469. The first-order valence-corrected chi connectivity index (χ1v) is 14.2. The van der Waals surface area contributed by atoms with Gasteiger partial charge in [-0.3, -0.25) is 5.32 Å². The van der Waals surface area contributed by atoms with Crippen LogP contribution < -0.4 is 10.6 Å². The molecular weight excluding hydrogens is 502 g/mol. The van der Waals surface area contributed by atoms with Gasteiger partial charge in [0.1, 0.15) is 5.82 Å². The van der Waals surface area contributed by atoms with Gasteiger partial charge in [0.05, 0.1) is 18.0 Å². The van der Waals surface area contributed by atoms with Gasteiger partial charge in [0, 0.05) is 30.3 Å². The minimum atomic E-state index is -0.316. The number of nitrogens with zero attached hydrogens (tertiary/aromatic N) is 3. The number of urea groups is 1. The number of carbonyl (C=O) groups is 2. The molecule has 0 unspecified atom stereocenters. The van der Waals surface area contributed by atoms with Gasteiger partial charge < -0.3 is 15.0 Å². The second-order valence-corrected chi connectivity index (χ2v) is 12.3. The molecule has 3 amide bonds. The van der Waals surface area contributed by atoms with Crippen LogP contribution in [0.4, 0.5) is 21.1 Å². The van der Waals surface area contributed by atoms with Crippen molar-refractivity contribution in [1.29, 1.82) is 0 Å². The van der Waals surface area contributed by atoms with Crippen molar-refractivity contribution >= 4 is 23.6 Å². The van der Waals surface area contributed by atoms with Crippen LogP contribution in [0.5, 0.6) is 0 Å². The highest BCUT2D eigenvalue weighted by Crippen LogP contribution is 2.28. The first kappa shape index (κ1) is 29.2. The van der Waals surface area contributed by atoms with Gasteiger partial charge in [0.15, 0.2) is 0 Å². The molecule has 214 valence electrons. The maximum atomic E-state index is 13.2. The summed E-state index contributed by atoms with van der Waals surface area (Å²) in [6.07, 6.45) is 2.43. The van der Waals surface area contributed by atoms with E-state index in [-0.39, 0.29) is 17.5 Å². The normalized spacial score (nSPS) is 14.3. The molecule has 0 aliphatic carbocycles. The lowest BCUT2D eigenvalue weighted by Gasteiger charge is -2.31. The Hall–Kier alpha value is -3.81. The van der Waals surface area contributed by atoms with E-state index >= 15 is 0 Å². The first-order valence-electron chi connectivity index (χ1n) is 14.2. The van der Waals surface area contributed by atoms with E-state index in [9.17, 15) is 9.59 Å². The fourth-order valence-electron chi connectivity index (χ4n) is 4.77. The van der Waals surface area contributed by atoms with Gasteiger partial charge in [-0.15, -0.1) is 0 Å². The van der Waals surface area contributed by atoms with E-state index in [2.05, 4.69) is 37.5 Å². The van der Waals surface area contributed by atoms with E-state index in [0.29, 0.717) is 37.4 Å². The molecule has 2 aromatic carbocycles. The highest BCUT2D eigenvalue weighted by atomic mass is 16.6. The van der Waals surface area contributed by atoms with Gasteiger partial charge in [0.25, 0.3) is 0 Å². The number of aryl methyl sites for hydroxylation is 1. The lowest BCUT2D eigenvalue weighted by atomic mass is 9.89. The largest absolute Gasteiger partial charge is 0.449 e. The standard InChI is InChI=1S/C32H43N5O3/c1-22(2)21-40-31(39)36-17-15-24(16-18-36)19-25-9-7-8-10-27(25)33-30(38)34-29-20-28(32(4,5)6)35-37(29)26-13-11-23(3)12-14-26/h7-14,20,22,24H,15-19,21H2,1-6H3,(H2,33,34,38). The molecule has 8 nitrogen and oxygen atoms in total. The summed E-state index contributed by atoms with van der Waals surface area (Å²) in [5, 5.41) is 10.9. The van der Waals surface area contributed by atoms with Crippen molar-refractivity contribution in [2.75, 3.05) is 30.3 Å². The summed E-state index contributed by atoms with van der Waals surface area (Å²) in [7, 11) is 0. The quantitative estimate of drug-likeness (QED) is 0.329. The summed E-state index contributed by atoms with van der Waals surface area (Å²) in [6, 6.07) is 17.6. The summed E-state index contributed by atoms with van der Waals surface area (Å²) in [4.78, 5) is 27.4. The Bertz CT molecular complexity index is 1300. The summed E-state index contributed by atoms with van der Waals surface area (Å²) in [5.74, 6) is 1.37. The van der Waals surface area contributed by atoms with Gasteiger partial charge in [-0.25, -0.2) is 14.3 Å². The molecule has 0 atom stereocenters. The molecule has 40 heavy (non-hydrogen) atoms. The zero-order valence-electron chi connectivity index (χ0n) is 24.7. The number of aromatic nitrogens is 2. The molecule has 4 rings (SSSR count). The monoisotopic (exact) mass is 545 g/mol. The second-order valence-electron chi connectivity index (χ2n) is 12.3. The third kappa shape index (κ3) is 7.64. The maximum absolute atomic E-state index is 13.2. The van der Waals surface area contributed by atoms with Crippen LogP contribution in [0.1, 0.15) is 64.3 Å². The molecule has 2 heterocycles. The number of hydrogen-bond donors (Lipinski definition) is 2. The van der Waals surface area contributed by atoms with Gasteiger partial charge in [0.2, 0.25) is 0 Å². The molecule has 1 aliphatic heterocycles. The predicted octanol–water partition coefficient (Wildman–Crippen LogP) is 7.17. The Morgan fingerprint density at radius 3 is 2.35 bits per heavy atom. The van der Waals surface area contributed by atoms with Crippen molar-refractivity contribution in [3.05, 3.63) is 71.4 Å². The Morgan fingerprint density at radius 1 is 1.02 bits per heavy atom. The van der Waals surface area contributed by atoms with Crippen LogP contribution in [0.15, 0.2) is 54.6 Å². The molecule has 3 aromatic rings. The van der Waals surface area contributed by atoms with Gasteiger partial charge in [-0.05, 0) is 61.8 Å². The van der Waals surface area contributed by atoms with E-state index in [1.54, 1.807) is 9.58 Å². The molecule has 8 heteroatoms. The zero-order valence-corrected chi connectivity index (χ0v) is 24.7. The molecular formula is C32H43N5O3. The summed E-state index contributed by atoms with van der Waals surface area (Å²) < 4.78 is 7.18. The number of carbonyl (C=O) groups excluding carboxylic acids is 2. The van der Waals surface area contributed by atoms with E-state index < -0.39 is 0 Å². The second kappa shape index (κ2) is 12.6. The molecule has 0 saturated carbocycles. The average Bonchev–Trinajstić information content (AvgIpc) is 3.33. The molecule has 1 aliphatic rings. The summed E-state index contributed by atoms with van der Waals surface area (Å²) >= 11 is 0. The van der Waals surface area contributed by atoms with E-state index in [1.807, 2.05) is 69.3 Å². The predicted molar refractivity (Wildman–Crippen MR) is 160 cm³/mol. The van der Waals surface area contributed by atoms with E-state index in [0.717, 1.165) is 47.5 Å². The van der Waals surface area contributed by atoms with Crippen LogP contribution in [0.25, 0.3) is 5.69 Å². The minimum Gasteiger partial charge on any atom is -0.449 e. The van der Waals surface area contributed by atoms with Crippen LogP contribution in [-0.4, -0.2) is 46.5 Å². The Kier molecular flexibility index (Phi) is 9.17. The smallest absolute Gasteiger partial charge is 0.409 e. The SMILES string of the molecule is Cc1ccc(-n2nc(C(C)(C)C)cc2NC(=O)Nc2ccccc2CC2CCN(C(=O)OCC(C)C)CC2)cc1. The number of amides is 3. The Morgan fingerprint density at radius 2 is 1.70 bits per heavy atom. The van der Waals surface area contributed by atoms with Crippen LogP contribution in [0, 0.1) is 18.8 Å². The van der Waals surface area contributed by atoms with Crippen LogP contribution in [0.3, 0.4) is 0 Å². The molecule has 0 spiro atoms. The van der Waals surface area contributed by atoms with E-state index in [4.69, 9.17) is 9.84 Å². The zero-order chi connectivity index (χ0) is 28.9. The fourth-order valence-corrected chi connectivity index (χ4v) is 4.77. The molecule has 1 saturated heterocycles. The summed E-state index contributed by atoms with van der Waals surface area (Å²) in [5.41, 5.74) is 4.64. The molecule has 0 bridgehead atoms. The van der Waals surface area contributed by atoms with Crippen LogP contribution >= 0.6 is 0 Å². The Balaban J connectivity index is 1.41. The summed E-state index contributed by atoms with van der Waals surface area (Å²) in [6.45, 7) is 14.3. The van der Waals surface area contributed by atoms with Gasteiger partial charge in [-0.2, -0.15) is 5.10 Å². The highest BCUT2D eigenvalue weighted by Gasteiger charge is 2.25. The molecule has 2 N–H and O–H groups in total. The molecule has 1 aromatic heterocycles. The third-order valence-corrected chi connectivity index (χ3v) is 7.18. The van der Waals surface area contributed by atoms with Crippen molar-refractivity contribution in [1.82, 2.24) is 14.7 Å². The number of hydrogen-bond acceptors (Lipinski definition) is 4. The lowest BCUT2D eigenvalue weighted by molar-refractivity contribution is 0.0790. The van der Waals surface area contributed by atoms with Crippen molar-refractivity contribution in [2.45, 2.75) is 66.2 Å². The highest BCUT2D eigenvalue weighted by molar-refractivity contribution is 6.00. The number of para-hydroxylation sites is 1. The van der Waals surface area contributed by atoms with Gasteiger partial charge in [-0.1, -0.05) is 70.5 Å². The first-order chi connectivity index (χ1) is 19.0. The van der Waals surface area contributed by atoms with Crippen molar-refractivity contribution in [2.24, 2.45) is 11.8 Å². The number of nitrogens with one attached hydrogen (secondary N) is 2. The third-order valence-electron chi connectivity index (χ3n) is 7.18. The van der Waals surface area contributed by atoms with Crippen molar-refractivity contribution in [3.8, 4) is 5.69 Å². The topological polar surface area (TPSA) is 88.5 Å². The van der Waals surface area contributed by atoms with E-state index in [1.165, 1.54) is 0 Å². The number of ether oxygens (including phenoxy) is 1. The number of anilines is 2. The number of piperidine rings is 1.